The molecule has 2 rings (SSSR count). The molecule has 0 unspecified atom stereocenters. The van der Waals surface area contributed by atoms with Gasteiger partial charge in [0.05, 0.1) is 12.2 Å². The van der Waals surface area contributed by atoms with Crippen molar-refractivity contribution in [2.45, 2.75) is 33.2 Å². The molecule has 0 bridgehead atoms. The first-order valence-corrected chi connectivity index (χ1v) is 9.43. The molecule has 0 radical (unpaired) electrons. The molecule has 0 aliphatic carbocycles. The van der Waals surface area contributed by atoms with Crippen molar-refractivity contribution in [3.63, 3.8) is 0 Å². The molecule has 2 N–H and O–H groups in total. The van der Waals surface area contributed by atoms with Gasteiger partial charge in [-0.05, 0) is 44.6 Å². The molecule has 0 fully saturated rings. The highest BCUT2D eigenvalue weighted by Gasteiger charge is 2.07. The third kappa shape index (κ3) is 6.52. The summed E-state index contributed by atoms with van der Waals surface area (Å²) >= 11 is 0. The normalized spacial score (nSPS) is 11.8. The second-order valence-electron chi connectivity index (χ2n) is 6.10. The molecule has 0 saturated carbocycles. The number of rotatable bonds is 10. The first-order chi connectivity index (χ1) is 12.8. The highest BCUT2D eigenvalue weighted by Crippen LogP contribution is 2.17. The maximum Gasteiger partial charge on any atom is 0.226 e. The van der Waals surface area contributed by atoms with Crippen LogP contribution in [0.25, 0.3) is 11.5 Å². The lowest BCUT2D eigenvalue weighted by Crippen LogP contribution is -2.37. The third-order valence-corrected chi connectivity index (χ3v) is 4.32. The van der Waals surface area contributed by atoms with Crippen LogP contribution in [-0.4, -0.2) is 49.1 Å². The highest BCUT2D eigenvalue weighted by atomic mass is 16.3. The van der Waals surface area contributed by atoms with Crippen molar-refractivity contribution in [2.24, 2.45) is 4.99 Å². The number of aliphatic imine (C=N–C) groups is 1. The van der Waals surface area contributed by atoms with Crippen LogP contribution >= 0.6 is 0 Å². The Labute approximate surface area is 156 Å². The number of hydrogen-bond donors (Lipinski definition) is 2. The Bertz CT molecular complexity index is 649. The lowest BCUT2D eigenvalue weighted by Gasteiger charge is -2.17. The minimum atomic E-state index is 0.579. The monoisotopic (exact) mass is 357 g/mol. The number of unbranched alkanes of at least 4 members (excludes halogenated alkanes) is 1. The zero-order chi connectivity index (χ0) is 18.6. The summed E-state index contributed by atoms with van der Waals surface area (Å²) in [5.41, 5.74) is 1.84. The van der Waals surface area contributed by atoms with E-state index in [0.717, 1.165) is 49.8 Å². The van der Waals surface area contributed by atoms with Crippen LogP contribution in [0.3, 0.4) is 0 Å². The van der Waals surface area contributed by atoms with Crippen LogP contribution in [-0.2, 0) is 6.54 Å². The van der Waals surface area contributed by atoms with Gasteiger partial charge in [-0.25, -0.2) is 4.98 Å². The van der Waals surface area contributed by atoms with Crippen molar-refractivity contribution in [3.05, 3.63) is 42.3 Å². The number of nitrogens with one attached hydrogen (secondary N) is 2. The van der Waals surface area contributed by atoms with Crippen LogP contribution < -0.4 is 10.6 Å². The maximum absolute atomic E-state index is 5.56. The average molecular weight is 358 g/mol. The van der Waals surface area contributed by atoms with E-state index >= 15 is 0 Å². The molecule has 1 aromatic carbocycles. The number of nitrogens with zero attached hydrogens (tertiary/aromatic N) is 3. The Morgan fingerprint density at radius 1 is 1.12 bits per heavy atom. The summed E-state index contributed by atoms with van der Waals surface area (Å²) < 4.78 is 5.56. The van der Waals surface area contributed by atoms with E-state index in [-0.39, 0.29) is 0 Å². The van der Waals surface area contributed by atoms with Crippen molar-refractivity contribution in [3.8, 4) is 11.5 Å². The molecule has 0 aliphatic rings. The fourth-order valence-electron chi connectivity index (χ4n) is 2.70. The fraction of sp³-hybridized carbons (Fsp3) is 0.500. The minimum Gasteiger partial charge on any atom is -0.444 e. The lowest BCUT2D eigenvalue weighted by molar-refractivity contribution is 0.297. The van der Waals surface area contributed by atoms with E-state index in [0.29, 0.717) is 12.4 Å². The predicted molar refractivity (Wildman–Crippen MR) is 107 cm³/mol. The topological polar surface area (TPSA) is 65.7 Å². The molecule has 142 valence electrons. The molecule has 6 nitrogen and oxygen atoms in total. The summed E-state index contributed by atoms with van der Waals surface area (Å²) in [7, 11) is 1.78. The van der Waals surface area contributed by atoms with Gasteiger partial charge in [-0.2, -0.15) is 0 Å². The number of guanidine groups is 1. The van der Waals surface area contributed by atoms with E-state index in [1.807, 2.05) is 30.3 Å². The molecule has 0 atom stereocenters. The Morgan fingerprint density at radius 2 is 1.88 bits per heavy atom. The van der Waals surface area contributed by atoms with Crippen LogP contribution in [0.1, 0.15) is 32.4 Å². The van der Waals surface area contributed by atoms with Gasteiger partial charge in [0.2, 0.25) is 5.89 Å². The van der Waals surface area contributed by atoms with Crippen LogP contribution in [0, 0.1) is 0 Å². The summed E-state index contributed by atoms with van der Waals surface area (Å²) in [6.07, 6.45) is 4.00. The zero-order valence-electron chi connectivity index (χ0n) is 16.2. The summed E-state index contributed by atoms with van der Waals surface area (Å²) in [6, 6.07) is 9.91. The molecular weight excluding hydrogens is 326 g/mol. The Hall–Kier alpha value is -2.34. The largest absolute Gasteiger partial charge is 0.444 e. The highest BCUT2D eigenvalue weighted by molar-refractivity contribution is 5.79. The predicted octanol–water partition coefficient (Wildman–Crippen LogP) is 3.13. The second-order valence-corrected chi connectivity index (χ2v) is 6.10. The van der Waals surface area contributed by atoms with Gasteiger partial charge >= 0.3 is 0 Å². The van der Waals surface area contributed by atoms with Gasteiger partial charge in [-0.3, -0.25) is 4.99 Å². The Morgan fingerprint density at radius 3 is 2.58 bits per heavy atom. The zero-order valence-corrected chi connectivity index (χ0v) is 16.2. The van der Waals surface area contributed by atoms with E-state index < -0.39 is 0 Å². The molecule has 0 spiro atoms. The number of benzene rings is 1. The van der Waals surface area contributed by atoms with Gasteiger partial charge in [-0.1, -0.05) is 32.0 Å². The number of aromatic nitrogens is 1. The number of hydrogen-bond acceptors (Lipinski definition) is 4. The standard InChI is InChI=1S/C20H31N5O/c1-4-25(5-2)14-10-9-13-22-20(21-3)23-15-18-16-26-19(24-18)17-11-7-6-8-12-17/h6-8,11-12,16H,4-5,9-10,13-15H2,1-3H3,(H2,21,22,23). The molecule has 1 heterocycles. The van der Waals surface area contributed by atoms with E-state index in [9.17, 15) is 0 Å². The maximum atomic E-state index is 5.56. The van der Waals surface area contributed by atoms with Crippen molar-refractivity contribution in [2.75, 3.05) is 33.2 Å². The molecule has 0 saturated heterocycles. The summed E-state index contributed by atoms with van der Waals surface area (Å²) in [5, 5.41) is 6.63. The first kappa shape index (κ1) is 20.0. The van der Waals surface area contributed by atoms with Crippen LogP contribution in [0.15, 0.2) is 46.0 Å². The lowest BCUT2D eigenvalue weighted by atomic mass is 10.2. The summed E-state index contributed by atoms with van der Waals surface area (Å²) in [5.74, 6) is 1.43. The SMILES string of the molecule is CCN(CC)CCCCNC(=NC)NCc1coc(-c2ccccc2)n1. The Kier molecular flexibility index (Phi) is 8.69. The molecule has 26 heavy (non-hydrogen) atoms. The minimum absolute atomic E-state index is 0.579. The smallest absolute Gasteiger partial charge is 0.226 e. The van der Waals surface area contributed by atoms with Gasteiger partial charge in [0.15, 0.2) is 5.96 Å². The fourth-order valence-corrected chi connectivity index (χ4v) is 2.70. The first-order valence-electron chi connectivity index (χ1n) is 9.43. The van der Waals surface area contributed by atoms with Crippen molar-refractivity contribution >= 4 is 5.96 Å². The van der Waals surface area contributed by atoms with Crippen LogP contribution in [0.5, 0.6) is 0 Å². The van der Waals surface area contributed by atoms with E-state index in [1.54, 1.807) is 13.3 Å². The van der Waals surface area contributed by atoms with E-state index in [2.05, 4.69) is 39.4 Å². The molecule has 1 aromatic heterocycles. The molecule has 2 aromatic rings. The average Bonchev–Trinajstić information content (AvgIpc) is 3.17. The molecule has 0 aliphatic heterocycles. The van der Waals surface area contributed by atoms with Crippen molar-refractivity contribution in [1.29, 1.82) is 0 Å². The van der Waals surface area contributed by atoms with E-state index in [1.165, 1.54) is 6.42 Å². The second kappa shape index (κ2) is 11.3. The summed E-state index contributed by atoms with van der Waals surface area (Å²) in [4.78, 5) is 11.2. The van der Waals surface area contributed by atoms with Crippen LogP contribution in [0.4, 0.5) is 0 Å². The summed E-state index contributed by atoms with van der Waals surface area (Å²) in [6.45, 7) is 9.30. The van der Waals surface area contributed by atoms with E-state index in [4.69, 9.17) is 4.42 Å². The van der Waals surface area contributed by atoms with Gasteiger partial charge < -0.3 is 20.0 Å². The van der Waals surface area contributed by atoms with Gasteiger partial charge in [0.25, 0.3) is 0 Å². The third-order valence-electron chi connectivity index (χ3n) is 4.32. The molecule has 0 amide bonds. The van der Waals surface area contributed by atoms with Crippen LogP contribution in [0.2, 0.25) is 0 Å². The van der Waals surface area contributed by atoms with Gasteiger partial charge in [0.1, 0.15) is 6.26 Å². The molecular formula is C20H31N5O. The van der Waals surface area contributed by atoms with Gasteiger partial charge in [0, 0.05) is 19.2 Å². The van der Waals surface area contributed by atoms with Gasteiger partial charge in [-0.15, -0.1) is 0 Å². The molecule has 6 heteroatoms. The Balaban J connectivity index is 1.70. The number of oxazole rings is 1. The van der Waals surface area contributed by atoms with Crippen molar-refractivity contribution < 1.29 is 4.42 Å². The quantitative estimate of drug-likeness (QED) is 0.388. The van der Waals surface area contributed by atoms with Crippen molar-refractivity contribution in [1.82, 2.24) is 20.5 Å².